The van der Waals surface area contributed by atoms with Gasteiger partial charge in [-0.25, -0.2) is 8.42 Å². The molecule has 0 aliphatic carbocycles. The van der Waals surface area contributed by atoms with Gasteiger partial charge in [0.05, 0.1) is 17.6 Å². The Morgan fingerprint density at radius 1 is 1.50 bits per heavy atom. The van der Waals surface area contributed by atoms with Crippen LogP contribution in [0.4, 0.5) is 0 Å². The lowest BCUT2D eigenvalue weighted by Gasteiger charge is -2.27. The van der Waals surface area contributed by atoms with Crippen LogP contribution in [0.25, 0.3) is 0 Å². The van der Waals surface area contributed by atoms with Crippen molar-refractivity contribution in [2.45, 2.75) is 26.3 Å². The third-order valence-corrected chi connectivity index (χ3v) is 4.78. The van der Waals surface area contributed by atoms with E-state index in [2.05, 4.69) is 11.4 Å². The Morgan fingerprint density at radius 3 is 2.44 bits per heavy atom. The number of thioether (sulfide) groups is 1. The second kappa shape index (κ2) is 7.00. The lowest BCUT2D eigenvalue weighted by Crippen LogP contribution is -2.49. The Balaban J connectivity index is 4.10. The maximum atomic E-state index is 11.6. The van der Waals surface area contributed by atoms with E-state index in [1.165, 1.54) is 18.0 Å². The third-order valence-electron chi connectivity index (χ3n) is 2.62. The first kappa shape index (κ1) is 17.3. The summed E-state index contributed by atoms with van der Waals surface area (Å²) in [5.74, 6) is 0.375. The minimum absolute atomic E-state index is 0.00692. The van der Waals surface area contributed by atoms with Gasteiger partial charge in [0, 0.05) is 12.0 Å². The number of amides is 1. The fourth-order valence-electron chi connectivity index (χ4n) is 1.00. The molecule has 0 aliphatic rings. The topological polar surface area (TPSA) is 87.0 Å². The number of hydrogen-bond acceptors (Lipinski definition) is 5. The van der Waals surface area contributed by atoms with E-state index >= 15 is 0 Å². The van der Waals surface area contributed by atoms with Crippen molar-refractivity contribution in [3.63, 3.8) is 0 Å². The minimum Gasteiger partial charge on any atom is -0.337 e. The van der Waals surface area contributed by atoms with Crippen molar-refractivity contribution in [3.05, 3.63) is 0 Å². The molecule has 0 aromatic heterocycles. The van der Waals surface area contributed by atoms with Crippen LogP contribution in [0.3, 0.4) is 0 Å². The zero-order chi connectivity index (χ0) is 14.4. The highest BCUT2D eigenvalue weighted by atomic mass is 32.2. The van der Waals surface area contributed by atoms with Gasteiger partial charge in [-0.15, -0.1) is 0 Å². The van der Waals surface area contributed by atoms with Gasteiger partial charge in [0.2, 0.25) is 5.91 Å². The summed E-state index contributed by atoms with van der Waals surface area (Å²) in [6.07, 6.45) is 1.17. The highest BCUT2D eigenvalue weighted by Crippen LogP contribution is 2.15. The molecular weight excluding hydrogens is 272 g/mol. The van der Waals surface area contributed by atoms with Crippen molar-refractivity contribution in [2.24, 2.45) is 5.92 Å². The summed E-state index contributed by atoms with van der Waals surface area (Å²) in [7, 11) is -2.98. The lowest BCUT2D eigenvalue weighted by atomic mass is 9.90. The van der Waals surface area contributed by atoms with Crippen LogP contribution < -0.4 is 5.32 Å². The molecule has 0 aliphatic heterocycles. The number of nitrogens with zero attached hydrogens (tertiary/aromatic N) is 1. The largest absolute Gasteiger partial charge is 0.337 e. The van der Waals surface area contributed by atoms with Crippen molar-refractivity contribution >= 4 is 27.5 Å². The number of carbonyl (C=O) groups excluding carboxylic acids is 1. The molecular formula is C11H20N2O3S2. The van der Waals surface area contributed by atoms with Crippen molar-refractivity contribution in [3.8, 4) is 6.07 Å². The molecule has 18 heavy (non-hydrogen) atoms. The van der Waals surface area contributed by atoms with Crippen LogP contribution in [0.2, 0.25) is 0 Å². The zero-order valence-corrected chi connectivity index (χ0v) is 12.8. The predicted molar refractivity (Wildman–Crippen MR) is 74.0 cm³/mol. The Kier molecular flexibility index (Phi) is 6.71. The highest BCUT2D eigenvalue weighted by molar-refractivity contribution is 8.01. The van der Waals surface area contributed by atoms with Crippen LogP contribution in [0.1, 0.15) is 20.8 Å². The molecule has 0 spiro atoms. The molecule has 0 unspecified atom stereocenters. The molecule has 0 aromatic carbocycles. The van der Waals surface area contributed by atoms with Crippen LogP contribution in [-0.2, 0) is 14.6 Å². The normalized spacial score (nSPS) is 14.9. The monoisotopic (exact) mass is 292 g/mol. The number of rotatable bonds is 7. The summed E-state index contributed by atoms with van der Waals surface area (Å²) in [6, 6.07) is 2.09. The van der Waals surface area contributed by atoms with Crippen molar-refractivity contribution in [2.75, 3.05) is 23.5 Å². The van der Waals surface area contributed by atoms with Crippen LogP contribution >= 0.6 is 11.8 Å². The summed E-state index contributed by atoms with van der Waals surface area (Å²) < 4.78 is 21.8. The molecule has 0 rings (SSSR count). The number of nitriles is 1. The maximum absolute atomic E-state index is 11.6. The molecule has 0 radical (unpaired) electrons. The van der Waals surface area contributed by atoms with E-state index in [1.54, 1.807) is 6.92 Å². The van der Waals surface area contributed by atoms with Crippen LogP contribution in [0.5, 0.6) is 0 Å². The maximum Gasteiger partial charge on any atom is 0.231 e. The summed E-state index contributed by atoms with van der Waals surface area (Å²) >= 11 is 1.25. The Bertz CT molecular complexity index is 426. The Hall–Kier alpha value is -0.740. The van der Waals surface area contributed by atoms with Gasteiger partial charge >= 0.3 is 0 Å². The smallest absolute Gasteiger partial charge is 0.231 e. The molecule has 5 nitrogen and oxygen atoms in total. The Labute approximate surface area is 113 Å². The first-order valence-electron chi connectivity index (χ1n) is 5.58. The quantitative estimate of drug-likeness (QED) is 0.702. The van der Waals surface area contributed by atoms with Gasteiger partial charge in [-0.1, -0.05) is 13.8 Å². The van der Waals surface area contributed by atoms with Gasteiger partial charge in [0.1, 0.15) is 15.4 Å². The fourth-order valence-corrected chi connectivity index (χ4v) is 3.09. The Morgan fingerprint density at radius 2 is 2.06 bits per heavy atom. The SMILES string of the molecule is CC(C)[C@@](C)(C#N)NC(=O)CSCCS(C)(=O)=O. The van der Waals surface area contributed by atoms with Gasteiger partial charge in [0.25, 0.3) is 0 Å². The molecule has 1 N–H and O–H groups in total. The van der Waals surface area contributed by atoms with Crippen molar-refractivity contribution in [1.29, 1.82) is 5.26 Å². The predicted octanol–water partition coefficient (Wildman–Crippen LogP) is 0.819. The van der Waals surface area contributed by atoms with Crippen LogP contribution in [0.15, 0.2) is 0 Å². The average Bonchev–Trinajstić information content (AvgIpc) is 2.22. The minimum atomic E-state index is -2.98. The van der Waals surface area contributed by atoms with Gasteiger partial charge in [-0.3, -0.25) is 4.79 Å². The van der Waals surface area contributed by atoms with E-state index in [4.69, 9.17) is 5.26 Å². The molecule has 1 atom stereocenters. The molecule has 7 heteroatoms. The molecule has 0 aromatic rings. The number of sulfone groups is 1. The van der Waals surface area contributed by atoms with Crippen LogP contribution in [-0.4, -0.2) is 43.4 Å². The lowest BCUT2D eigenvalue weighted by molar-refractivity contribution is -0.120. The molecule has 0 bridgehead atoms. The fraction of sp³-hybridized carbons (Fsp3) is 0.818. The second-order valence-electron chi connectivity index (χ2n) is 4.70. The average molecular weight is 292 g/mol. The van der Waals surface area contributed by atoms with E-state index in [1.807, 2.05) is 13.8 Å². The second-order valence-corrected chi connectivity index (χ2v) is 8.06. The van der Waals surface area contributed by atoms with E-state index in [-0.39, 0.29) is 23.3 Å². The summed E-state index contributed by atoms with van der Waals surface area (Å²) in [6.45, 7) is 5.40. The van der Waals surface area contributed by atoms with Gasteiger partial charge in [-0.2, -0.15) is 17.0 Å². The standard InChI is InChI=1S/C11H20N2O3S2/c1-9(2)11(3,8-12)13-10(14)7-17-5-6-18(4,15)16/h9H,5-7H2,1-4H3,(H,13,14)/t11-/m1/s1. The van der Waals surface area contributed by atoms with E-state index < -0.39 is 15.4 Å². The number of carbonyl (C=O) groups is 1. The van der Waals surface area contributed by atoms with Crippen molar-refractivity contribution < 1.29 is 13.2 Å². The summed E-state index contributed by atoms with van der Waals surface area (Å²) in [4.78, 5) is 11.6. The molecule has 1 amide bonds. The molecule has 0 heterocycles. The summed E-state index contributed by atoms with van der Waals surface area (Å²) in [5, 5.41) is 11.7. The molecule has 104 valence electrons. The first-order chi connectivity index (χ1) is 8.10. The van der Waals surface area contributed by atoms with Gasteiger partial charge in [0.15, 0.2) is 0 Å². The summed E-state index contributed by atoms with van der Waals surface area (Å²) in [5.41, 5.74) is -0.880. The third kappa shape index (κ3) is 6.87. The zero-order valence-electron chi connectivity index (χ0n) is 11.2. The van der Waals surface area contributed by atoms with E-state index in [0.29, 0.717) is 5.75 Å². The number of nitrogens with one attached hydrogen (secondary N) is 1. The van der Waals surface area contributed by atoms with E-state index in [9.17, 15) is 13.2 Å². The molecule has 0 saturated heterocycles. The van der Waals surface area contributed by atoms with Gasteiger partial charge < -0.3 is 5.32 Å². The highest BCUT2D eigenvalue weighted by Gasteiger charge is 2.29. The molecule has 0 saturated carbocycles. The first-order valence-corrected chi connectivity index (χ1v) is 8.80. The van der Waals surface area contributed by atoms with Gasteiger partial charge in [-0.05, 0) is 12.8 Å². The van der Waals surface area contributed by atoms with E-state index in [0.717, 1.165) is 0 Å². The van der Waals surface area contributed by atoms with Crippen LogP contribution in [0, 0.1) is 17.2 Å². The molecule has 0 fully saturated rings. The number of hydrogen-bond donors (Lipinski definition) is 1. The van der Waals surface area contributed by atoms with Crippen molar-refractivity contribution in [1.82, 2.24) is 5.32 Å².